The lowest BCUT2D eigenvalue weighted by atomic mass is 9.81. The minimum absolute atomic E-state index is 0.173. The molecule has 0 saturated carbocycles. The van der Waals surface area contributed by atoms with Gasteiger partial charge in [0.2, 0.25) is 11.8 Å². The Hall–Kier alpha value is -5.74. The van der Waals surface area contributed by atoms with Crippen molar-refractivity contribution in [3.05, 3.63) is 202 Å². The van der Waals surface area contributed by atoms with Crippen LogP contribution in [-0.2, 0) is 20.7 Å². The lowest BCUT2D eigenvalue weighted by Gasteiger charge is -2.34. The lowest BCUT2D eigenvalue weighted by molar-refractivity contribution is 0.104. The number of hydrogen-bond acceptors (Lipinski definition) is 4. The third kappa shape index (κ3) is 4.97. The average Bonchev–Trinajstić information content (AvgIpc) is 3.71. The number of ether oxygens (including phenoxy) is 2. The topological polar surface area (TPSA) is 43.2 Å². The molecule has 4 heteroatoms. The molecule has 4 nitrogen and oxygen atoms in total. The third-order valence-corrected chi connectivity index (χ3v) is 10.4. The summed E-state index contributed by atoms with van der Waals surface area (Å²) < 4.78 is 14.4. The van der Waals surface area contributed by atoms with Crippen LogP contribution in [-0.4, -0.2) is 23.9 Å². The highest BCUT2D eigenvalue weighted by Crippen LogP contribution is 2.47. The summed E-state index contributed by atoms with van der Waals surface area (Å²) in [4.78, 5) is 10.6. The smallest absolute Gasteiger partial charge is 0.218 e. The molecule has 2 aliphatic heterocycles. The molecule has 2 heterocycles. The van der Waals surface area contributed by atoms with Crippen LogP contribution in [0.5, 0.6) is 0 Å². The van der Waals surface area contributed by atoms with E-state index < -0.39 is 11.2 Å². The van der Waals surface area contributed by atoms with E-state index in [1.807, 2.05) is 24.3 Å². The van der Waals surface area contributed by atoms with Gasteiger partial charge in [0, 0.05) is 33.4 Å². The van der Waals surface area contributed by atoms with Crippen LogP contribution in [0.3, 0.4) is 0 Å². The number of hydrogen-bond donors (Lipinski definition) is 0. The molecule has 6 aromatic carbocycles. The Morgan fingerprint density at radius 1 is 0.400 bits per heavy atom. The van der Waals surface area contributed by atoms with E-state index in [1.165, 1.54) is 0 Å². The van der Waals surface area contributed by atoms with Gasteiger partial charge in [0.15, 0.2) is 11.2 Å². The van der Waals surface area contributed by atoms with Crippen molar-refractivity contribution >= 4 is 11.8 Å². The van der Waals surface area contributed by atoms with Crippen LogP contribution in [0.2, 0.25) is 0 Å². The summed E-state index contributed by atoms with van der Waals surface area (Å²) in [6.07, 6.45) is 0. The van der Waals surface area contributed by atoms with Crippen LogP contribution < -0.4 is 0 Å². The zero-order valence-electron chi connectivity index (χ0n) is 28.9. The molecule has 0 bridgehead atoms. The van der Waals surface area contributed by atoms with Gasteiger partial charge in [-0.3, -0.25) is 0 Å². The molecule has 0 spiro atoms. The molecule has 2 atom stereocenters. The van der Waals surface area contributed by atoms with E-state index in [-0.39, 0.29) is 12.1 Å². The Balaban J connectivity index is 1.27. The Morgan fingerprint density at radius 3 is 1.00 bits per heavy atom. The Bertz CT molecular complexity index is 1970. The van der Waals surface area contributed by atoms with Gasteiger partial charge in [-0.25, -0.2) is 9.98 Å². The minimum Gasteiger partial charge on any atom is -0.459 e. The normalized spacial score (nSPS) is 18.9. The van der Waals surface area contributed by atoms with Crippen LogP contribution >= 0.6 is 0 Å². The van der Waals surface area contributed by atoms with Crippen molar-refractivity contribution in [1.29, 1.82) is 0 Å². The van der Waals surface area contributed by atoms with E-state index in [0.717, 1.165) is 55.6 Å². The summed E-state index contributed by atoms with van der Waals surface area (Å²) in [6, 6.07) is 54.3. The number of aryl methyl sites for hydroxylation is 2. The SMILES string of the molecule is Cc1cccc(C2=N[C@@H](C)C(c3ccccc3)(c3ccccc3)O2)c1-c1c(C)cccc1C1=N[C@@H](C)C(c2ccccc2)(c2ccccc2)O1. The predicted molar refractivity (Wildman–Crippen MR) is 203 cm³/mol. The lowest BCUT2D eigenvalue weighted by Crippen LogP contribution is -2.37. The van der Waals surface area contributed by atoms with Crippen molar-refractivity contribution in [3.63, 3.8) is 0 Å². The van der Waals surface area contributed by atoms with Gasteiger partial charge >= 0.3 is 0 Å². The van der Waals surface area contributed by atoms with Crippen LogP contribution in [0, 0.1) is 13.8 Å². The third-order valence-electron chi connectivity index (χ3n) is 10.4. The molecule has 50 heavy (non-hydrogen) atoms. The van der Waals surface area contributed by atoms with Gasteiger partial charge in [-0.2, -0.15) is 0 Å². The maximum Gasteiger partial charge on any atom is 0.218 e. The first-order valence-electron chi connectivity index (χ1n) is 17.4. The first-order chi connectivity index (χ1) is 24.4. The van der Waals surface area contributed by atoms with E-state index in [9.17, 15) is 0 Å². The van der Waals surface area contributed by atoms with Gasteiger partial charge in [0.05, 0.1) is 12.1 Å². The molecule has 0 N–H and O–H groups in total. The summed E-state index contributed by atoms with van der Waals surface area (Å²) in [6.45, 7) is 8.62. The standard InChI is InChI=1S/C46H40N2O2/c1-31-19-17-29-39(43-47-33(3)45(49-43,35-21-9-5-10-22-35)36-23-11-6-12-24-36)41(31)42-32(2)20-18-30-40(42)44-48-34(4)46(50-44,37-25-13-7-14-26-37)38-27-15-8-16-28-38/h5-30,33-34H,1-4H3/t33-,34-/m0/s1. The van der Waals surface area contributed by atoms with Crippen molar-refractivity contribution in [3.8, 4) is 11.1 Å². The summed E-state index contributed by atoms with van der Waals surface area (Å²) in [5.41, 5.74) is 9.03. The summed E-state index contributed by atoms with van der Waals surface area (Å²) in [7, 11) is 0. The molecule has 0 fully saturated rings. The minimum atomic E-state index is -0.771. The van der Waals surface area contributed by atoms with Gasteiger partial charge in [-0.15, -0.1) is 0 Å². The van der Waals surface area contributed by atoms with Crippen molar-refractivity contribution < 1.29 is 9.47 Å². The number of nitrogens with zero attached hydrogens (tertiary/aromatic N) is 2. The van der Waals surface area contributed by atoms with Gasteiger partial charge < -0.3 is 9.47 Å². The zero-order chi connectivity index (χ0) is 34.3. The van der Waals surface area contributed by atoms with E-state index in [2.05, 4.69) is 161 Å². The molecule has 0 aliphatic carbocycles. The number of rotatable bonds is 7. The highest BCUT2D eigenvalue weighted by Gasteiger charge is 2.50. The average molecular weight is 653 g/mol. The first-order valence-corrected chi connectivity index (χ1v) is 17.4. The molecular formula is C46H40N2O2. The molecular weight excluding hydrogens is 613 g/mol. The maximum absolute atomic E-state index is 7.20. The zero-order valence-corrected chi connectivity index (χ0v) is 28.9. The Kier molecular flexibility index (Phi) is 7.95. The van der Waals surface area contributed by atoms with Crippen molar-refractivity contribution in [2.24, 2.45) is 9.98 Å². The van der Waals surface area contributed by atoms with Crippen molar-refractivity contribution in [1.82, 2.24) is 0 Å². The fourth-order valence-electron chi connectivity index (χ4n) is 7.94. The van der Waals surface area contributed by atoms with Crippen LogP contribution in [0.15, 0.2) is 168 Å². The second kappa shape index (κ2) is 12.6. The Morgan fingerprint density at radius 2 is 0.700 bits per heavy atom. The highest BCUT2D eigenvalue weighted by atomic mass is 16.5. The van der Waals surface area contributed by atoms with Gasteiger partial charge in [-0.1, -0.05) is 146 Å². The largest absolute Gasteiger partial charge is 0.459 e. The van der Waals surface area contributed by atoms with E-state index >= 15 is 0 Å². The van der Waals surface area contributed by atoms with Crippen LogP contribution in [0.25, 0.3) is 11.1 Å². The second-order valence-electron chi connectivity index (χ2n) is 13.4. The molecule has 6 aromatic rings. The Labute approximate surface area is 294 Å². The van der Waals surface area contributed by atoms with Crippen LogP contribution in [0.4, 0.5) is 0 Å². The van der Waals surface area contributed by atoms with E-state index in [1.54, 1.807) is 0 Å². The summed E-state index contributed by atoms with van der Waals surface area (Å²) in [5.74, 6) is 1.26. The second-order valence-corrected chi connectivity index (χ2v) is 13.4. The molecule has 2 aliphatic rings. The quantitative estimate of drug-likeness (QED) is 0.172. The molecule has 8 rings (SSSR count). The molecule has 0 amide bonds. The first kappa shape index (κ1) is 31.5. The van der Waals surface area contributed by atoms with E-state index in [4.69, 9.17) is 19.5 Å². The highest BCUT2D eigenvalue weighted by molar-refractivity contribution is 6.09. The fourth-order valence-corrected chi connectivity index (χ4v) is 7.94. The van der Waals surface area contributed by atoms with E-state index in [0.29, 0.717) is 11.8 Å². The van der Waals surface area contributed by atoms with Gasteiger partial charge in [-0.05, 0) is 62.1 Å². The summed E-state index contributed by atoms with van der Waals surface area (Å²) in [5, 5.41) is 0. The van der Waals surface area contributed by atoms with Crippen molar-refractivity contribution in [2.45, 2.75) is 51.0 Å². The van der Waals surface area contributed by atoms with Gasteiger partial charge in [0.1, 0.15) is 0 Å². The molecule has 246 valence electrons. The molecule has 0 radical (unpaired) electrons. The fraction of sp³-hybridized carbons (Fsp3) is 0.174. The number of aliphatic imine (C=N–C) groups is 2. The van der Waals surface area contributed by atoms with Gasteiger partial charge in [0.25, 0.3) is 0 Å². The van der Waals surface area contributed by atoms with Crippen LogP contribution in [0.1, 0.15) is 58.4 Å². The molecule has 0 saturated heterocycles. The monoisotopic (exact) mass is 652 g/mol. The predicted octanol–water partition coefficient (Wildman–Crippen LogP) is 10.2. The molecule has 0 unspecified atom stereocenters. The summed E-state index contributed by atoms with van der Waals surface area (Å²) >= 11 is 0. The van der Waals surface area contributed by atoms with Crippen molar-refractivity contribution in [2.75, 3.05) is 0 Å². The maximum atomic E-state index is 7.20. The number of benzene rings is 6. The molecule has 0 aromatic heterocycles.